The summed E-state index contributed by atoms with van der Waals surface area (Å²) in [4.78, 5) is 4.33. The van der Waals surface area contributed by atoms with E-state index in [1.165, 1.54) is 0 Å². The van der Waals surface area contributed by atoms with E-state index in [1.54, 1.807) is 26.4 Å². The van der Waals surface area contributed by atoms with E-state index in [-0.39, 0.29) is 24.4 Å². The van der Waals surface area contributed by atoms with Crippen LogP contribution in [0.3, 0.4) is 0 Å². The van der Waals surface area contributed by atoms with Gasteiger partial charge >= 0.3 is 0 Å². The van der Waals surface area contributed by atoms with Gasteiger partial charge in [0.25, 0.3) is 0 Å². The quantitative estimate of drug-likeness (QED) is 0.913. The maximum atomic E-state index is 5.99. The number of methoxy groups -OCH3 is 2. The Kier molecular flexibility index (Phi) is 5.99. The van der Waals surface area contributed by atoms with E-state index < -0.39 is 0 Å². The predicted octanol–water partition coefficient (Wildman–Crippen LogP) is 2.83. The van der Waals surface area contributed by atoms with Gasteiger partial charge in [-0.15, -0.1) is 12.4 Å². The van der Waals surface area contributed by atoms with Crippen LogP contribution in [0.1, 0.15) is 25.8 Å². The number of nitrogens with two attached hydrogens (primary N) is 1. The van der Waals surface area contributed by atoms with Crippen molar-refractivity contribution < 1.29 is 14.0 Å². The van der Waals surface area contributed by atoms with Gasteiger partial charge in [0, 0.05) is 5.56 Å². The minimum atomic E-state index is -0.267. The molecule has 2 N–H and O–H groups in total. The highest BCUT2D eigenvalue weighted by molar-refractivity contribution is 5.85. The summed E-state index contributed by atoms with van der Waals surface area (Å²) >= 11 is 0. The van der Waals surface area contributed by atoms with Crippen molar-refractivity contribution in [1.29, 1.82) is 0 Å². The molecule has 0 radical (unpaired) electrons. The van der Waals surface area contributed by atoms with E-state index in [1.807, 2.05) is 19.9 Å². The third-order valence-corrected chi connectivity index (χ3v) is 3.09. The molecule has 1 atom stereocenters. The van der Waals surface area contributed by atoms with Crippen LogP contribution in [-0.2, 0) is 0 Å². The molecule has 1 unspecified atom stereocenters. The second kappa shape index (κ2) is 7.28. The molecule has 21 heavy (non-hydrogen) atoms. The maximum absolute atomic E-state index is 5.99. The monoisotopic (exact) mass is 313 g/mol. The highest BCUT2D eigenvalue weighted by atomic mass is 35.5. The van der Waals surface area contributed by atoms with E-state index in [0.717, 1.165) is 5.56 Å². The smallest absolute Gasteiger partial charge is 0.244 e. The topological polar surface area (TPSA) is 83.4 Å². The van der Waals surface area contributed by atoms with Gasteiger partial charge in [-0.2, -0.15) is 4.98 Å². The lowest BCUT2D eigenvalue weighted by atomic mass is 10.1. The highest BCUT2D eigenvalue weighted by Gasteiger charge is 2.19. The third kappa shape index (κ3) is 3.65. The van der Waals surface area contributed by atoms with Crippen molar-refractivity contribution >= 4 is 12.4 Å². The zero-order valence-electron chi connectivity index (χ0n) is 12.5. The summed E-state index contributed by atoms with van der Waals surface area (Å²) in [5.41, 5.74) is 6.78. The lowest BCUT2D eigenvalue weighted by molar-refractivity contribution is 0.325. The number of ether oxygens (including phenoxy) is 2. The summed E-state index contributed by atoms with van der Waals surface area (Å²) in [6, 6.07) is 5.18. The molecule has 7 heteroatoms. The average Bonchev–Trinajstić information content (AvgIpc) is 2.95. The Balaban J connectivity index is 0.00000220. The second-order valence-corrected chi connectivity index (χ2v) is 4.80. The fraction of sp³-hybridized carbons (Fsp3) is 0.429. The summed E-state index contributed by atoms with van der Waals surface area (Å²) in [7, 11) is 3.17. The fourth-order valence-electron chi connectivity index (χ4n) is 1.75. The molecule has 1 aromatic heterocycles. The third-order valence-electron chi connectivity index (χ3n) is 3.09. The molecule has 0 amide bonds. The van der Waals surface area contributed by atoms with E-state index in [9.17, 15) is 0 Å². The number of aromatic nitrogens is 2. The summed E-state index contributed by atoms with van der Waals surface area (Å²) < 4.78 is 15.7. The maximum Gasteiger partial charge on any atom is 0.244 e. The molecule has 0 fully saturated rings. The van der Waals surface area contributed by atoms with Crippen LogP contribution in [0.4, 0.5) is 0 Å². The van der Waals surface area contributed by atoms with Crippen LogP contribution in [0, 0.1) is 5.92 Å². The van der Waals surface area contributed by atoms with Crippen LogP contribution in [0.5, 0.6) is 11.5 Å². The Bertz CT molecular complexity index is 587. The Morgan fingerprint density at radius 2 is 1.81 bits per heavy atom. The van der Waals surface area contributed by atoms with Gasteiger partial charge in [0.1, 0.15) is 0 Å². The number of nitrogens with zero attached hydrogens (tertiary/aromatic N) is 2. The molecule has 0 aliphatic carbocycles. The largest absolute Gasteiger partial charge is 0.493 e. The molecule has 0 spiro atoms. The Morgan fingerprint density at radius 3 is 2.38 bits per heavy atom. The van der Waals surface area contributed by atoms with Crippen LogP contribution in [-0.4, -0.2) is 24.4 Å². The first-order valence-electron chi connectivity index (χ1n) is 6.38. The zero-order valence-corrected chi connectivity index (χ0v) is 13.3. The summed E-state index contributed by atoms with van der Waals surface area (Å²) in [6.07, 6.45) is 0. The summed E-state index contributed by atoms with van der Waals surface area (Å²) in [5.74, 6) is 2.42. The first-order valence-corrected chi connectivity index (χ1v) is 6.38. The van der Waals surface area contributed by atoms with Crippen molar-refractivity contribution in [1.82, 2.24) is 10.1 Å². The molecule has 0 aliphatic rings. The number of rotatable bonds is 5. The predicted molar refractivity (Wildman–Crippen MR) is 81.9 cm³/mol. The van der Waals surface area contributed by atoms with Gasteiger partial charge in [0.05, 0.1) is 20.3 Å². The van der Waals surface area contributed by atoms with Crippen molar-refractivity contribution in [2.24, 2.45) is 11.7 Å². The zero-order chi connectivity index (χ0) is 14.7. The van der Waals surface area contributed by atoms with Gasteiger partial charge in [-0.1, -0.05) is 19.0 Å². The lowest BCUT2D eigenvalue weighted by Gasteiger charge is -2.09. The molecular weight excluding hydrogens is 294 g/mol. The van der Waals surface area contributed by atoms with Crippen LogP contribution < -0.4 is 15.2 Å². The molecule has 116 valence electrons. The van der Waals surface area contributed by atoms with Crippen molar-refractivity contribution in [3.63, 3.8) is 0 Å². The fourth-order valence-corrected chi connectivity index (χ4v) is 1.75. The summed E-state index contributed by atoms with van der Waals surface area (Å²) in [6.45, 7) is 4.01. The average molecular weight is 314 g/mol. The van der Waals surface area contributed by atoms with Gasteiger partial charge in [-0.25, -0.2) is 0 Å². The second-order valence-electron chi connectivity index (χ2n) is 4.80. The van der Waals surface area contributed by atoms with E-state index in [2.05, 4.69) is 10.1 Å². The van der Waals surface area contributed by atoms with Crippen LogP contribution in [0.2, 0.25) is 0 Å². The molecule has 1 aromatic carbocycles. The Morgan fingerprint density at radius 1 is 1.14 bits per heavy atom. The first kappa shape index (κ1) is 17.3. The molecule has 2 rings (SSSR count). The van der Waals surface area contributed by atoms with Crippen LogP contribution >= 0.6 is 12.4 Å². The Hall–Kier alpha value is -1.79. The number of hydrogen-bond donors (Lipinski definition) is 1. The van der Waals surface area contributed by atoms with Gasteiger partial charge in [0.2, 0.25) is 11.7 Å². The molecular formula is C14H20ClN3O3. The van der Waals surface area contributed by atoms with Gasteiger partial charge in [-0.3, -0.25) is 0 Å². The van der Waals surface area contributed by atoms with Crippen molar-refractivity contribution in [2.45, 2.75) is 19.9 Å². The van der Waals surface area contributed by atoms with Crippen LogP contribution in [0.25, 0.3) is 11.4 Å². The van der Waals surface area contributed by atoms with Crippen LogP contribution in [0.15, 0.2) is 22.7 Å². The van der Waals surface area contributed by atoms with Crippen molar-refractivity contribution in [3.8, 4) is 22.9 Å². The molecule has 2 aromatic rings. The van der Waals surface area contributed by atoms with E-state index in [4.69, 9.17) is 19.7 Å². The molecule has 0 saturated carbocycles. The first-order chi connectivity index (χ1) is 9.56. The van der Waals surface area contributed by atoms with E-state index in [0.29, 0.717) is 23.2 Å². The standard InChI is InChI=1S/C14H19N3O3.ClH/c1-8(2)12(15)14-16-13(17-20-14)9-5-6-10(18-3)11(7-9)19-4;/h5-8,12H,15H2,1-4H3;1H. The minimum absolute atomic E-state index is 0. The van der Waals surface area contributed by atoms with Gasteiger partial charge in [-0.05, 0) is 24.1 Å². The van der Waals surface area contributed by atoms with E-state index >= 15 is 0 Å². The highest BCUT2D eigenvalue weighted by Crippen LogP contribution is 2.31. The van der Waals surface area contributed by atoms with Gasteiger partial charge < -0.3 is 19.7 Å². The van der Waals surface area contributed by atoms with Crippen molar-refractivity contribution in [3.05, 3.63) is 24.1 Å². The molecule has 0 aliphatic heterocycles. The minimum Gasteiger partial charge on any atom is -0.493 e. The van der Waals surface area contributed by atoms with Crippen molar-refractivity contribution in [2.75, 3.05) is 14.2 Å². The Labute approximate surface area is 130 Å². The van der Waals surface area contributed by atoms with Gasteiger partial charge in [0.15, 0.2) is 11.5 Å². The molecule has 6 nitrogen and oxygen atoms in total. The molecule has 1 heterocycles. The normalized spacial score (nSPS) is 11.9. The number of halogens is 1. The molecule has 0 saturated heterocycles. The number of hydrogen-bond acceptors (Lipinski definition) is 6. The SMILES string of the molecule is COc1ccc(-c2noc(C(N)C(C)C)n2)cc1OC.Cl. The lowest BCUT2D eigenvalue weighted by Crippen LogP contribution is -2.16. The number of benzene rings is 1. The molecule has 0 bridgehead atoms. The summed E-state index contributed by atoms with van der Waals surface area (Å²) in [5, 5.41) is 3.96.